The first kappa shape index (κ1) is 10.4. The third-order valence-electron chi connectivity index (χ3n) is 0.736. The van der Waals surface area contributed by atoms with Crippen LogP contribution in [0, 0.1) is 0 Å². The molecule has 3 N–H and O–H groups in total. The Kier molecular flexibility index (Phi) is 4.06. The van der Waals surface area contributed by atoms with Crippen LogP contribution in [0.3, 0.4) is 0 Å². The van der Waals surface area contributed by atoms with Crippen LogP contribution >= 0.6 is 11.6 Å². The molecule has 0 saturated heterocycles. The van der Waals surface area contributed by atoms with Crippen molar-refractivity contribution in [2.45, 2.75) is 5.38 Å². The summed E-state index contributed by atoms with van der Waals surface area (Å²) in [4.78, 5) is 0. The third kappa shape index (κ3) is 3.94. The van der Waals surface area contributed by atoms with E-state index in [1.54, 1.807) is 0 Å². The maximum absolute atomic E-state index is 12.3. The van der Waals surface area contributed by atoms with Gasteiger partial charge in [-0.05, 0) is 11.6 Å². The second-order valence-electron chi connectivity index (χ2n) is 1.56. The number of alkyl halides is 3. The minimum Gasteiger partial charge on any atom is -0.311 e. The van der Waals surface area contributed by atoms with Gasteiger partial charge in [-0.1, -0.05) is 0 Å². The second-order valence-corrected chi connectivity index (χ2v) is 2.03. The molecule has 0 aliphatic rings. The lowest BCUT2D eigenvalue weighted by molar-refractivity contribution is 0.168. The fourth-order valence-corrected chi connectivity index (χ4v) is 0.482. The number of hydrazine groups is 1. The summed E-state index contributed by atoms with van der Waals surface area (Å²) >= 11 is 4.65. The molecule has 0 heterocycles. The molecule has 0 aliphatic carbocycles. The molecular weight excluding hydrogens is 178 g/mol. The highest BCUT2D eigenvalue weighted by Gasteiger charge is 2.33. The summed E-state index contributed by atoms with van der Waals surface area (Å²) in [5.74, 6) is -0.677. The van der Waals surface area contributed by atoms with E-state index >= 15 is 0 Å². The van der Waals surface area contributed by atoms with Gasteiger partial charge in [0.1, 0.15) is 0 Å². The highest BCUT2D eigenvalue weighted by atomic mass is 35.5. The first-order valence-corrected chi connectivity index (χ1v) is 3.14. The van der Waals surface area contributed by atoms with Gasteiger partial charge in [-0.2, -0.15) is 13.9 Å². The highest BCUT2D eigenvalue weighted by molar-refractivity contribution is 6.33. The van der Waals surface area contributed by atoms with Gasteiger partial charge < -0.3 is 10.9 Å². The Morgan fingerprint density at radius 3 is 2.27 bits per heavy atom. The molecule has 0 saturated carbocycles. The minimum absolute atomic E-state index is 0.677. The number of hydrogen-bond donors (Lipinski definition) is 3. The van der Waals surface area contributed by atoms with Crippen LogP contribution in [0.5, 0.6) is 0 Å². The topological polar surface area (TPSA) is 48.5 Å². The van der Waals surface area contributed by atoms with E-state index in [0.29, 0.717) is 0 Å². The van der Waals surface area contributed by atoms with Gasteiger partial charge in [-0.25, -0.2) is 5.43 Å². The number of nitrogens with one attached hydrogen (secondary N) is 3. The first-order chi connectivity index (χ1) is 5.02. The lowest BCUT2D eigenvalue weighted by Gasteiger charge is -2.11. The summed E-state index contributed by atoms with van der Waals surface area (Å²) in [5, 5.41) is -0.298. The zero-order valence-corrected chi connectivity index (χ0v) is 6.84. The minimum atomic E-state index is -3.49. The SMILES string of the molecule is CN/N=C(\NNC)C(F)(F)Cl. The Morgan fingerprint density at radius 2 is 2.00 bits per heavy atom. The molecule has 66 valence electrons. The smallest absolute Gasteiger partial charge is 0.311 e. The highest BCUT2D eigenvalue weighted by Crippen LogP contribution is 2.18. The molecule has 7 heteroatoms. The van der Waals surface area contributed by atoms with Gasteiger partial charge in [0.05, 0.1) is 0 Å². The van der Waals surface area contributed by atoms with Crippen molar-refractivity contribution >= 4 is 17.4 Å². The largest absolute Gasteiger partial charge is 0.382 e. The van der Waals surface area contributed by atoms with Crippen LogP contribution in [-0.2, 0) is 0 Å². The summed E-state index contributed by atoms with van der Waals surface area (Å²) in [5.41, 5.74) is 6.53. The molecular formula is C4H9ClF2N4. The summed E-state index contributed by atoms with van der Waals surface area (Å²) in [6, 6.07) is 0. The van der Waals surface area contributed by atoms with Crippen LogP contribution in [0.25, 0.3) is 0 Å². The zero-order chi connectivity index (χ0) is 8.91. The number of rotatable bonds is 3. The van der Waals surface area contributed by atoms with Crippen molar-refractivity contribution < 1.29 is 8.78 Å². The summed E-state index contributed by atoms with van der Waals surface area (Å²) < 4.78 is 24.5. The maximum Gasteiger partial charge on any atom is 0.382 e. The van der Waals surface area contributed by atoms with Crippen molar-refractivity contribution in [2.75, 3.05) is 14.1 Å². The van der Waals surface area contributed by atoms with E-state index in [0.717, 1.165) is 0 Å². The molecule has 0 fully saturated rings. The van der Waals surface area contributed by atoms with Crippen molar-refractivity contribution in [1.82, 2.24) is 16.3 Å². The van der Waals surface area contributed by atoms with Crippen LogP contribution in [-0.4, -0.2) is 25.3 Å². The molecule has 4 nitrogen and oxygen atoms in total. The molecule has 0 aromatic carbocycles. The Morgan fingerprint density at radius 1 is 1.45 bits per heavy atom. The first-order valence-electron chi connectivity index (χ1n) is 2.76. The Labute approximate surface area is 68.0 Å². The van der Waals surface area contributed by atoms with E-state index in [-0.39, 0.29) is 0 Å². The van der Waals surface area contributed by atoms with Gasteiger partial charge in [0.15, 0.2) is 0 Å². The lowest BCUT2D eigenvalue weighted by Crippen LogP contribution is -2.43. The van der Waals surface area contributed by atoms with Crippen LogP contribution < -0.4 is 16.3 Å². The molecule has 11 heavy (non-hydrogen) atoms. The Hall–Kier alpha value is -0.620. The standard InChI is InChI=1S/C4H9ClF2N4/c1-8-10-3(11-9-2)4(5,6)7/h8-9H,1-2H3,(H,10,11). The number of amidine groups is 1. The predicted octanol–water partition coefficient (Wildman–Crippen LogP) is 0.0749. The number of halogens is 3. The van der Waals surface area contributed by atoms with E-state index in [9.17, 15) is 8.78 Å². The number of hydrogen-bond acceptors (Lipinski definition) is 3. The van der Waals surface area contributed by atoms with Gasteiger partial charge >= 0.3 is 5.38 Å². The Bertz CT molecular complexity index is 144. The summed E-state index contributed by atoms with van der Waals surface area (Å²) in [7, 11) is 2.81. The number of nitrogens with zero attached hydrogens (tertiary/aromatic N) is 1. The molecule has 0 rings (SSSR count). The fourth-order valence-electron chi connectivity index (χ4n) is 0.392. The van der Waals surface area contributed by atoms with Crippen LogP contribution in [0.15, 0.2) is 5.10 Å². The fraction of sp³-hybridized carbons (Fsp3) is 0.750. The number of hydrazone groups is 1. The van der Waals surface area contributed by atoms with E-state index in [4.69, 9.17) is 0 Å². The molecule has 0 unspecified atom stereocenters. The molecule has 0 aromatic rings. The molecule has 0 bridgehead atoms. The molecule has 0 amide bonds. The van der Waals surface area contributed by atoms with Gasteiger partial charge in [0.25, 0.3) is 0 Å². The molecule has 0 atom stereocenters. The van der Waals surface area contributed by atoms with Gasteiger partial charge in [0, 0.05) is 14.1 Å². The average molecular weight is 187 g/mol. The monoisotopic (exact) mass is 186 g/mol. The van der Waals surface area contributed by atoms with E-state index in [2.05, 4.69) is 33.0 Å². The van der Waals surface area contributed by atoms with Gasteiger partial charge in [-0.3, -0.25) is 0 Å². The third-order valence-corrected chi connectivity index (χ3v) is 0.915. The molecule has 0 aromatic heterocycles. The van der Waals surface area contributed by atoms with Crippen LogP contribution in [0.2, 0.25) is 0 Å². The van der Waals surface area contributed by atoms with Crippen molar-refractivity contribution in [2.24, 2.45) is 5.10 Å². The van der Waals surface area contributed by atoms with Gasteiger partial charge in [0.2, 0.25) is 5.84 Å². The Balaban J connectivity index is 4.22. The van der Waals surface area contributed by atoms with Crippen molar-refractivity contribution in [3.8, 4) is 0 Å². The summed E-state index contributed by atoms with van der Waals surface area (Å²) in [6.45, 7) is 0. The molecule has 0 spiro atoms. The average Bonchev–Trinajstić information content (AvgIpc) is 1.85. The van der Waals surface area contributed by atoms with E-state index < -0.39 is 11.2 Å². The predicted molar refractivity (Wildman–Crippen MR) is 39.5 cm³/mol. The quantitative estimate of drug-likeness (QED) is 0.253. The maximum atomic E-state index is 12.3. The molecule has 0 radical (unpaired) electrons. The van der Waals surface area contributed by atoms with Crippen molar-refractivity contribution in [3.63, 3.8) is 0 Å². The summed E-state index contributed by atoms with van der Waals surface area (Å²) in [6.07, 6.45) is 0. The molecule has 0 aliphatic heterocycles. The zero-order valence-electron chi connectivity index (χ0n) is 6.08. The second kappa shape index (κ2) is 4.30. The van der Waals surface area contributed by atoms with Crippen molar-refractivity contribution in [3.05, 3.63) is 0 Å². The van der Waals surface area contributed by atoms with Gasteiger partial charge in [-0.15, -0.1) is 0 Å². The van der Waals surface area contributed by atoms with Crippen LogP contribution in [0.1, 0.15) is 0 Å². The van der Waals surface area contributed by atoms with Crippen LogP contribution in [0.4, 0.5) is 8.78 Å². The van der Waals surface area contributed by atoms with E-state index in [1.807, 2.05) is 0 Å². The van der Waals surface area contributed by atoms with Crippen molar-refractivity contribution in [1.29, 1.82) is 0 Å². The lowest BCUT2D eigenvalue weighted by atomic mass is 10.6. The van der Waals surface area contributed by atoms with E-state index in [1.165, 1.54) is 14.1 Å². The normalized spacial score (nSPS) is 13.0.